The highest BCUT2D eigenvalue weighted by molar-refractivity contribution is 9.11. The lowest BCUT2D eigenvalue weighted by atomic mass is 10.1. The van der Waals surface area contributed by atoms with Gasteiger partial charge in [-0.2, -0.15) is 0 Å². The molecule has 0 aliphatic carbocycles. The van der Waals surface area contributed by atoms with Crippen molar-refractivity contribution < 1.29 is 4.42 Å². The van der Waals surface area contributed by atoms with Crippen LogP contribution in [0.5, 0.6) is 0 Å². The van der Waals surface area contributed by atoms with Gasteiger partial charge in [-0.15, -0.1) is 11.3 Å². The fourth-order valence-electron chi connectivity index (χ4n) is 1.55. The van der Waals surface area contributed by atoms with Crippen molar-refractivity contribution in [3.8, 4) is 0 Å². The number of thiophene rings is 1. The van der Waals surface area contributed by atoms with Gasteiger partial charge in [0, 0.05) is 0 Å². The highest BCUT2D eigenvalue weighted by Crippen LogP contribution is 2.31. The predicted molar refractivity (Wildman–Crippen MR) is 73.9 cm³/mol. The van der Waals surface area contributed by atoms with Crippen LogP contribution in [0.15, 0.2) is 36.5 Å². The fraction of sp³-hybridized carbons (Fsp3) is 0.273. The largest absolute Gasteiger partial charge is 0.452 e. The van der Waals surface area contributed by atoms with E-state index in [2.05, 4.69) is 55.5 Å². The maximum Gasteiger partial charge on any atom is 0.169 e. The van der Waals surface area contributed by atoms with E-state index in [1.807, 2.05) is 12.1 Å². The standard InChI is InChI=1S/C11H11Br2NOS/c1-2-14-11(7-5-10(13)16-6-7)8-3-4-9(12)15-8/h3-6,11,14H,2H2,1H3. The summed E-state index contributed by atoms with van der Waals surface area (Å²) in [6, 6.07) is 6.15. The molecule has 1 N–H and O–H groups in total. The Kier molecular flexibility index (Phi) is 4.24. The molecule has 2 rings (SSSR count). The van der Waals surface area contributed by atoms with Gasteiger partial charge in [-0.05, 0) is 67.5 Å². The van der Waals surface area contributed by atoms with Gasteiger partial charge >= 0.3 is 0 Å². The maximum absolute atomic E-state index is 5.61. The van der Waals surface area contributed by atoms with E-state index in [0.717, 1.165) is 20.8 Å². The molecule has 0 fully saturated rings. The Morgan fingerprint density at radius 2 is 2.25 bits per heavy atom. The number of furan rings is 1. The zero-order valence-electron chi connectivity index (χ0n) is 8.67. The highest BCUT2D eigenvalue weighted by atomic mass is 79.9. The van der Waals surface area contributed by atoms with E-state index >= 15 is 0 Å². The molecule has 2 aromatic rings. The predicted octanol–water partition coefficient (Wildman–Crippen LogP) is 4.57. The van der Waals surface area contributed by atoms with E-state index in [4.69, 9.17) is 4.42 Å². The van der Waals surface area contributed by atoms with Crippen LogP contribution in [0.3, 0.4) is 0 Å². The molecule has 0 amide bonds. The van der Waals surface area contributed by atoms with Crippen LogP contribution in [0.2, 0.25) is 0 Å². The van der Waals surface area contributed by atoms with Crippen LogP contribution < -0.4 is 5.32 Å². The number of hydrogen-bond acceptors (Lipinski definition) is 3. The minimum Gasteiger partial charge on any atom is -0.452 e. The second-order valence-electron chi connectivity index (χ2n) is 3.32. The minimum absolute atomic E-state index is 0.124. The first-order valence-corrected chi connectivity index (χ1v) is 7.40. The fourth-order valence-corrected chi connectivity index (χ4v) is 3.07. The molecular weight excluding hydrogens is 354 g/mol. The van der Waals surface area contributed by atoms with E-state index in [1.54, 1.807) is 11.3 Å². The van der Waals surface area contributed by atoms with E-state index in [9.17, 15) is 0 Å². The summed E-state index contributed by atoms with van der Waals surface area (Å²) in [5, 5.41) is 5.55. The average Bonchev–Trinajstić information content (AvgIpc) is 2.84. The Balaban J connectivity index is 2.30. The molecule has 2 aromatic heterocycles. The van der Waals surface area contributed by atoms with Gasteiger partial charge in [-0.25, -0.2) is 0 Å². The second-order valence-corrected chi connectivity index (χ2v) is 6.39. The van der Waals surface area contributed by atoms with Crippen LogP contribution >= 0.6 is 43.2 Å². The summed E-state index contributed by atoms with van der Waals surface area (Å²) in [6.07, 6.45) is 0. The minimum atomic E-state index is 0.124. The molecule has 86 valence electrons. The molecule has 0 aliphatic rings. The lowest BCUT2D eigenvalue weighted by Crippen LogP contribution is -2.20. The average molecular weight is 365 g/mol. The number of nitrogens with one attached hydrogen (secondary N) is 1. The van der Waals surface area contributed by atoms with Crippen molar-refractivity contribution in [2.45, 2.75) is 13.0 Å². The molecule has 0 spiro atoms. The molecule has 16 heavy (non-hydrogen) atoms. The van der Waals surface area contributed by atoms with Gasteiger partial charge in [-0.1, -0.05) is 6.92 Å². The second kappa shape index (κ2) is 5.49. The third-order valence-corrected chi connectivity index (χ3v) is 4.16. The van der Waals surface area contributed by atoms with Crippen LogP contribution in [0, 0.1) is 0 Å². The Bertz CT molecular complexity index is 426. The summed E-state index contributed by atoms with van der Waals surface area (Å²) in [5.41, 5.74) is 1.22. The quantitative estimate of drug-likeness (QED) is 0.859. The van der Waals surface area contributed by atoms with E-state index in [0.29, 0.717) is 0 Å². The maximum atomic E-state index is 5.61. The molecule has 0 saturated heterocycles. The highest BCUT2D eigenvalue weighted by Gasteiger charge is 2.17. The van der Waals surface area contributed by atoms with Crippen molar-refractivity contribution in [1.29, 1.82) is 0 Å². The number of halogens is 2. The molecule has 2 nitrogen and oxygen atoms in total. The molecule has 5 heteroatoms. The Labute approximate surface area is 115 Å². The van der Waals surface area contributed by atoms with Crippen molar-refractivity contribution in [2.75, 3.05) is 6.54 Å². The van der Waals surface area contributed by atoms with Gasteiger partial charge in [0.15, 0.2) is 4.67 Å². The van der Waals surface area contributed by atoms with Crippen LogP contribution in [-0.2, 0) is 0 Å². The number of rotatable bonds is 4. The topological polar surface area (TPSA) is 25.2 Å². The lowest BCUT2D eigenvalue weighted by molar-refractivity contribution is 0.438. The monoisotopic (exact) mass is 363 g/mol. The van der Waals surface area contributed by atoms with E-state index in [-0.39, 0.29) is 6.04 Å². The Morgan fingerprint density at radius 1 is 1.44 bits per heavy atom. The summed E-state index contributed by atoms with van der Waals surface area (Å²) in [4.78, 5) is 0. The molecule has 1 unspecified atom stereocenters. The normalized spacial score (nSPS) is 12.9. The van der Waals surface area contributed by atoms with Gasteiger partial charge in [-0.3, -0.25) is 0 Å². The van der Waals surface area contributed by atoms with Crippen LogP contribution in [-0.4, -0.2) is 6.54 Å². The zero-order chi connectivity index (χ0) is 11.5. The van der Waals surface area contributed by atoms with Gasteiger partial charge < -0.3 is 9.73 Å². The van der Waals surface area contributed by atoms with Crippen molar-refractivity contribution >= 4 is 43.2 Å². The van der Waals surface area contributed by atoms with Gasteiger partial charge in [0.1, 0.15) is 5.76 Å². The van der Waals surface area contributed by atoms with Crippen LogP contribution in [0.25, 0.3) is 0 Å². The SMILES string of the molecule is CCNC(c1csc(Br)c1)c1ccc(Br)o1. The Hall–Kier alpha value is -0.100. The molecule has 0 aromatic carbocycles. The van der Waals surface area contributed by atoms with Crippen molar-refractivity contribution in [1.82, 2.24) is 5.32 Å². The summed E-state index contributed by atoms with van der Waals surface area (Å²) in [5.74, 6) is 0.930. The smallest absolute Gasteiger partial charge is 0.169 e. The summed E-state index contributed by atoms with van der Waals surface area (Å²) in [6.45, 7) is 2.99. The first-order chi connectivity index (χ1) is 7.70. The van der Waals surface area contributed by atoms with Crippen molar-refractivity contribution in [3.05, 3.63) is 43.4 Å². The Morgan fingerprint density at radius 3 is 2.75 bits per heavy atom. The first kappa shape index (κ1) is 12.4. The third kappa shape index (κ3) is 2.77. The molecule has 0 aliphatic heterocycles. The summed E-state index contributed by atoms with van der Waals surface area (Å²) < 4.78 is 7.50. The van der Waals surface area contributed by atoms with E-state index in [1.165, 1.54) is 5.56 Å². The molecule has 1 atom stereocenters. The molecule has 0 bridgehead atoms. The third-order valence-electron chi connectivity index (χ3n) is 2.21. The van der Waals surface area contributed by atoms with Gasteiger partial charge in [0.2, 0.25) is 0 Å². The molecule has 0 radical (unpaired) electrons. The molecule has 0 saturated carbocycles. The van der Waals surface area contributed by atoms with Crippen molar-refractivity contribution in [2.24, 2.45) is 0 Å². The van der Waals surface area contributed by atoms with Crippen LogP contribution in [0.1, 0.15) is 24.3 Å². The lowest BCUT2D eigenvalue weighted by Gasteiger charge is -2.13. The molecular formula is C11H11Br2NOS. The first-order valence-electron chi connectivity index (χ1n) is 4.93. The number of hydrogen-bond donors (Lipinski definition) is 1. The van der Waals surface area contributed by atoms with E-state index < -0.39 is 0 Å². The van der Waals surface area contributed by atoms with Crippen LogP contribution in [0.4, 0.5) is 0 Å². The summed E-state index contributed by atoms with van der Waals surface area (Å²) >= 11 is 8.49. The van der Waals surface area contributed by atoms with Crippen molar-refractivity contribution in [3.63, 3.8) is 0 Å². The zero-order valence-corrected chi connectivity index (χ0v) is 12.7. The van der Waals surface area contributed by atoms with Gasteiger partial charge in [0.05, 0.1) is 9.83 Å². The van der Waals surface area contributed by atoms with Gasteiger partial charge in [0.25, 0.3) is 0 Å². The molecule has 2 heterocycles. The summed E-state index contributed by atoms with van der Waals surface area (Å²) in [7, 11) is 0.